The van der Waals surface area contributed by atoms with Crippen LogP contribution in [0.1, 0.15) is 5.89 Å². The first-order valence-corrected chi connectivity index (χ1v) is 7.91. The lowest BCUT2D eigenvalue weighted by molar-refractivity contribution is -0.187. The number of anilines is 1. The van der Waals surface area contributed by atoms with Crippen molar-refractivity contribution in [2.45, 2.75) is 13.1 Å². The number of halogens is 3. The standard InChI is InChI=1S/C16H15F3N4O4/c1-8-20-13(22-27-8)9-3-2-4-10(5-9)21-15(26)23-6-11(14(24)25)12(7-23)16(17,18)19/h2-5,11-12H,6-7H2,1H3,(H,21,26)(H,24,25)/t11-,12-/m1/s1. The summed E-state index contributed by atoms with van der Waals surface area (Å²) in [5.41, 5.74) is 0.852. The van der Waals surface area contributed by atoms with Crippen molar-refractivity contribution in [2.24, 2.45) is 11.8 Å². The van der Waals surface area contributed by atoms with Crippen LogP contribution in [0.25, 0.3) is 11.4 Å². The van der Waals surface area contributed by atoms with Gasteiger partial charge in [-0.1, -0.05) is 17.3 Å². The van der Waals surface area contributed by atoms with E-state index in [0.29, 0.717) is 23.0 Å². The molecule has 1 aliphatic rings. The van der Waals surface area contributed by atoms with Crippen LogP contribution in [0.3, 0.4) is 0 Å². The number of carbonyl (C=O) groups is 2. The molecule has 1 aliphatic heterocycles. The number of hydrogen-bond donors (Lipinski definition) is 2. The lowest BCUT2D eigenvalue weighted by atomic mass is 9.96. The van der Waals surface area contributed by atoms with E-state index in [1.54, 1.807) is 25.1 Å². The summed E-state index contributed by atoms with van der Waals surface area (Å²) in [4.78, 5) is 28.3. The van der Waals surface area contributed by atoms with Gasteiger partial charge in [-0.3, -0.25) is 4.79 Å². The molecule has 1 fully saturated rings. The third-order valence-corrected chi connectivity index (χ3v) is 4.24. The Hall–Kier alpha value is -3.11. The van der Waals surface area contributed by atoms with E-state index in [-0.39, 0.29) is 0 Å². The minimum Gasteiger partial charge on any atom is -0.481 e. The quantitative estimate of drug-likeness (QED) is 0.842. The summed E-state index contributed by atoms with van der Waals surface area (Å²) in [5.74, 6) is -4.72. The molecule has 0 spiro atoms. The SMILES string of the molecule is Cc1nc(-c2cccc(NC(=O)N3C[C@@H](C(F)(F)F)[C@H](C(=O)O)C3)c2)no1. The van der Waals surface area contributed by atoms with Crippen molar-refractivity contribution in [1.29, 1.82) is 0 Å². The van der Waals surface area contributed by atoms with Crippen LogP contribution in [0.2, 0.25) is 0 Å². The maximum absolute atomic E-state index is 13.0. The highest BCUT2D eigenvalue weighted by molar-refractivity contribution is 5.90. The van der Waals surface area contributed by atoms with Gasteiger partial charge in [-0.15, -0.1) is 0 Å². The van der Waals surface area contributed by atoms with E-state index in [4.69, 9.17) is 9.63 Å². The van der Waals surface area contributed by atoms with Crippen LogP contribution in [0, 0.1) is 18.8 Å². The Balaban J connectivity index is 1.73. The normalized spacial score (nSPS) is 19.9. The van der Waals surface area contributed by atoms with Crippen LogP contribution in [-0.4, -0.2) is 51.4 Å². The highest BCUT2D eigenvalue weighted by Gasteiger charge is 2.53. The number of nitrogens with one attached hydrogen (secondary N) is 1. The molecule has 27 heavy (non-hydrogen) atoms. The van der Waals surface area contributed by atoms with Gasteiger partial charge >= 0.3 is 18.2 Å². The number of hydrogen-bond acceptors (Lipinski definition) is 5. The number of alkyl halides is 3. The molecule has 0 radical (unpaired) electrons. The maximum atomic E-state index is 13.0. The van der Waals surface area contributed by atoms with Crippen molar-refractivity contribution in [1.82, 2.24) is 15.0 Å². The number of urea groups is 1. The predicted molar refractivity (Wildman–Crippen MR) is 85.7 cm³/mol. The molecule has 1 aromatic heterocycles. The van der Waals surface area contributed by atoms with E-state index in [2.05, 4.69) is 15.5 Å². The zero-order valence-corrected chi connectivity index (χ0v) is 14.0. The summed E-state index contributed by atoms with van der Waals surface area (Å²) < 4.78 is 44.0. The summed E-state index contributed by atoms with van der Waals surface area (Å²) in [5, 5.41) is 15.2. The van der Waals surface area contributed by atoms with Gasteiger partial charge in [0, 0.05) is 31.3 Å². The van der Waals surface area contributed by atoms with E-state index in [1.165, 1.54) is 6.07 Å². The van der Waals surface area contributed by atoms with Gasteiger partial charge in [0.05, 0.1) is 11.8 Å². The fourth-order valence-electron chi connectivity index (χ4n) is 2.91. The highest BCUT2D eigenvalue weighted by atomic mass is 19.4. The molecule has 2 aromatic rings. The second kappa shape index (κ2) is 6.89. The average molecular weight is 384 g/mol. The second-order valence-corrected chi connectivity index (χ2v) is 6.15. The van der Waals surface area contributed by atoms with E-state index >= 15 is 0 Å². The average Bonchev–Trinajstić information content (AvgIpc) is 3.21. The largest absolute Gasteiger partial charge is 0.481 e. The first-order valence-electron chi connectivity index (χ1n) is 7.91. The fourth-order valence-corrected chi connectivity index (χ4v) is 2.91. The molecule has 144 valence electrons. The molecule has 0 unspecified atom stereocenters. The summed E-state index contributed by atoms with van der Waals surface area (Å²) >= 11 is 0. The number of nitrogens with zero attached hydrogens (tertiary/aromatic N) is 3. The Bertz CT molecular complexity index is 867. The van der Waals surface area contributed by atoms with Gasteiger partial charge in [-0.05, 0) is 12.1 Å². The molecule has 2 amide bonds. The van der Waals surface area contributed by atoms with Crippen molar-refractivity contribution in [2.75, 3.05) is 18.4 Å². The lowest BCUT2D eigenvalue weighted by Crippen LogP contribution is -2.35. The molecular formula is C16H15F3N4O4. The molecule has 0 saturated carbocycles. The number of rotatable bonds is 3. The van der Waals surface area contributed by atoms with Crippen molar-refractivity contribution in [3.8, 4) is 11.4 Å². The van der Waals surface area contributed by atoms with Gasteiger partial charge in [0.2, 0.25) is 11.7 Å². The number of aliphatic carboxylic acids is 1. The van der Waals surface area contributed by atoms with Crippen LogP contribution in [0.5, 0.6) is 0 Å². The van der Waals surface area contributed by atoms with Gasteiger partial charge in [-0.2, -0.15) is 18.2 Å². The highest BCUT2D eigenvalue weighted by Crippen LogP contribution is 2.38. The molecule has 0 bridgehead atoms. The number of aryl methyl sites for hydroxylation is 1. The zero-order valence-electron chi connectivity index (χ0n) is 14.0. The Labute approximate surface area is 151 Å². The molecule has 11 heteroatoms. The smallest absolute Gasteiger partial charge is 0.394 e. The van der Waals surface area contributed by atoms with Crippen LogP contribution in [-0.2, 0) is 4.79 Å². The predicted octanol–water partition coefficient (Wildman–Crippen LogP) is 2.77. The van der Waals surface area contributed by atoms with E-state index < -0.39 is 43.1 Å². The van der Waals surface area contributed by atoms with Crippen LogP contribution >= 0.6 is 0 Å². The molecule has 0 aliphatic carbocycles. The Morgan fingerprint density at radius 2 is 2.07 bits per heavy atom. The summed E-state index contributed by atoms with van der Waals surface area (Å²) in [6, 6.07) is 5.55. The number of aromatic nitrogens is 2. The third-order valence-electron chi connectivity index (χ3n) is 4.24. The van der Waals surface area contributed by atoms with E-state index in [0.717, 1.165) is 4.90 Å². The topological polar surface area (TPSA) is 109 Å². The fraction of sp³-hybridized carbons (Fsp3) is 0.375. The first-order chi connectivity index (χ1) is 12.6. The lowest BCUT2D eigenvalue weighted by Gasteiger charge is -2.18. The monoisotopic (exact) mass is 384 g/mol. The maximum Gasteiger partial charge on any atom is 0.394 e. The summed E-state index contributed by atoms with van der Waals surface area (Å²) in [6.45, 7) is 0.385. The zero-order chi connectivity index (χ0) is 19.8. The molecule has 2 atom stereocenters. The van der Waals surface area contributed by atoms with Gasteiger partial charge < -0.3 is 19.8 Å². The minimum atomic E-state index is -4.70. The van der Waals surface area contributed by atoms with Gasteiger partial charge in [-0.25, -0.2) is 4.79 Å². The minimum absolute atomic E-state index is 0.299. The molecule has 1 saturated heterocycles. The van der Waals surface area contributed by atoms with Crippen molar-refractivity contribution >= 4 is 17.7 Å². The Kier molecular flexibility index (Phi) is 4.77. The Morgan fingerprint density at radius 1 is 1.33 bits per heavy atom. The number of carboxylic acids is 1. The number of carboxylic acid groups (broad SMARTS) is 1. The number of benzene rings is 1. The van der Waals surface area contributed by atoms with Crippen LogP contribution in [0.15, 0.2) is 28.8 Å². The molecule has 2 N–H and O–H groups in total. The van der Waals surface area contributed by atoms with Crippen LogP contribution < -0.4 is 5.32 Å². The first kappa shape index (κ1) is 18.7. The Morgan fingerprint density at radius 3 is 2.63 bits per heavy atom. The number of amides is 2. The van der Waals surface area contributed by atoms with E-state index in [9.17, 15) is 22.8 Å². The van der Waals surface area contributed by atoms with Crippen molar-refractivity contribution in [3.05, 3.63) is 30.2 Å². The molecule has 3 rings (SSSR count). The van der Waals surface area contributed by atoms with Crippen molar-refractivity contribution in [3.63, 3.8) is 0 Å². The second-order valence-electron chi connectivity index (χ2n) is 6.15. The molecule has 2 heterocycles. The molecule has 1 aromatic carbocycles. The van der Waals surface area contributed by atoms with Gasteiger partial charge in [0.1, 0.15) is 0 Å². The van der Waals surface area contributed by atoms with Gasteiger partial charge in [0.25, 0.3) is 0 Å². The van der Waals surface area contributed by atoms with Gasteiger partial charge in [0.15, 0.2) is 0 Å². The molecule has 8 nitrogen and oxygen atoms in total. The van der Waals surface area contributed by atoms with Crippen LogP contribution in [0.4, 0.5) is 23.7 Å². The summed E-state index contributed by atoms with van der Waals surface area (Å²) in [7, 11) is 0. The van der Waals surface area contributed by atoms with E-state index in [1.807, 2.05) is 0 Å². The molecular weight excluding hydrogens is 369 g/mol. The summed E-state index contributed by atoms with van der Waals surface area (Å²) in [6.07, 6.45) is -4.70. The number of carbonyl (C=O) groups excluding carboxylic acids is 1. The number of likely N-dealkylation sites (tertiary alicyclic amines) is 1. The van der Waals surface area contributed by atoms with Crippen molar-refractivity contribution < 1.29 is 32.4 Å². The third kappa shape index (κ3) is 4.01.